The quantitative estimate of drug-likeness (QED) is 0.474. The van der Waals surface area contributed by atoms with Crippen LogP contribution in [0, 0.1) is 11.8 Å². The molecule has 0 aromatic rings. The normalized spacial score (nSPS) is 13.8. The number of esters is 1. The molecule has 0 aliphatic rings. The molecule has 1 N–H and O–H groups in total. The van der Waals surface area contributed by atoms with Crippen molar-refractivity contribution >= 4 is 12.1 Å². The van der Waals surface area contributed by atoms with Crippen LogP contribution in [-0.2, 0) is 14.3 Å². The van der Waals surface area contributed by atoms with Gasteiger partial charge in [-0.2, -0.15) is 0 Å². The van der Waals surface area contributed by atoms with Gasteiger partial charge in [-0.3, -0.25) is 0 Å². The lowest BCUT2D eigenvalue weighted by Gasteiger charge is -2.24. The summed E-state index contributed by atoms with van der Waals surface area (Å²) in [5.74, 6) is 0.513. The number of amides is 1. The van der Waals surface area contributed by atoms with Crippen LogP contribution in [0.1, 0.15) is 74.7 Å². The zero-order valence-corrected chi connectivity index (χ0v) is 17.3. The second kappa shape index (κ2) is 11.2. The summed E-state index contributed by atoms with van der Waals surface area (Å²) in [5, 5.41) is 2.93. The molecule has 0 bridgehead atoms. The first-order chi connectivity index (χ1) is 11.4. The van der Waals surface area contributed by atoms with Gasteiger partial charge in [-0.15, -0.1) is 0 Å². The van der Waals surface area contributed by atoms with Crippen molar-refractivity contribution in [3.63, 3.8) is 0 Å². The van der Waals surface area contributed by atoms with E-state index in [2.05, 4.69) is 33.0 Å². The Morgan fingerprint density at radius 2 is 1.68 bits per heavy atom. The second-order valence-corrected chi connectivity index (χ2v) is 8.26. The molecule has 0 rings (SSSR count). The summed E-state index contributed by atoms with van der Waals surface area (Å²) < 4.78 is 10.5. The third kappa shape index (κ3) is 12.5. The Labute approximate surface area is 153 Å². The van der Waals surface area contributed by atoms with Crippen molar-refractivity contribution in [1.29, 1.82) is 0 Å². The van der Waals surface area contributed by atoms with Crippen molar-refractivity contribution in [1.82, 2.24) is 5.32 Å². The Bertz CT molecular complexity index is 447. The largest absolute Gasteiger partial charge is 0.463 e. The van der Waals surface area contributed by atoms with Crippen molar-refractivity contribution in [3.8, 4) is 0 Å². The zero-order valence-electron chi connectivity index (χ0n) is 17.3. The van der Waals surface area contributed by atoms with Gasteiger partial charge in [-0.25, -0.2) is 9.59 Å². The maximum atomic E-state index is 12.1. The number of ether oxygens (including phenoxy) is 2. The van der Waals surface area contributed by atoms with Crippen LogP contribution in [0.25, 0.3) is 0 Å². The molecule has 0 fully saturated rings. The Morgan fingerprint density at radius 3 is 2.12 bits per heavy atom. The molecule has 0 aliphatic heterocycles. The van der Waals surface area contributed by atoms with E-state index in [0.29, 0.717) is 36.9 Å². The topological polar surface area (TPSA) is 64.6 Å². The molecule has 0 aromatic carbocycles. The monoisotopic (exact) mass is 355 g/mol. The van der Waals surface area contributed by atoms with Crippen LogP contribution >= 0.6 is 0 Å². The molecule has 5 heteroatoms. The van der Waals surface area contributed by atoms with E-state index >= 15 is 0 Å². The minimum atomic E-state index is -0.532. The average molecular weight is 356 g/mol. The number of alkyl carbamates (subject to hydrolysis) is 1. The minimum absolute atomic E-state index is 0.0774. The molecule has 0 unspecified atom stereocenters. The SMILES string of the molecule is CCOC(=O)/C(=C/C[C@H](CC(C)C)NC(=O)OC(C)(C)C)CC(C)C. The highest BCUT2D eigenvalue weighted by Gasteiger charge is 2.20. The molecular formula is C20H37NO4. The van der Waals surface area contributed by atoms with Crippen molar-refractivity contribution in [3.05, 3.63) is 11.6 Å². The van der Waals surface area contributed by atoms with Gasteiger partial charge in [0, 0.05) is 11.6 Å². The highest BCUT2D eigenvalue weighted by Crippen LogP contribution is 2.17. The van der Waals surface area contributed by atoms with Crippen LogP contribution in [0.4, 0.5) is 4.79 Å². The Morgan fingerprint density at radius 1 is 1.08 bits per heavy atom. The highest BCUT2D eigenvalue weighted by atomic mass is 16.6. The average Bonchev–Trinajstić information content (AvgIpc) is 2.40. The first-order valence-electron chi connectivity index (χ1n) is 9.30. The number of nitrogens with one attached hydrogen (secondary N) is 1. The van der Waals surface area contributed by atoms with Gasteiger partial charge in [0.1, 0.15) is 5.60 Å². The van der Waals surface area contributed by atoms with Crippen LogP contribution in [-0.4, -0.2) is 30.3 Å². The van der Waals surface area contributed by atoms with Gasteiger partial charge >= 0.3 is 12.1 Å². The Balaban J connectivity index is 5.06. The maximum Gasteiger partial charge on any atom is 0.407 e. The van der Waals surface area contributed by atoms with Gasteiger partial charge in [0.15, 0.2) is 0 Å². The van der Waals surface area contributed by atoms with Crippen LogP contribution in [0.5, 0.6) is 0 Å². The van der Waals surface area contributed by atoms with Gasteiger partial charge in [0.25, 0.3) is 0 Å². The summed E-state index contributed by atoms with van der Waals surface area (Å²) in [4.78, 5) is 24.2. The fourth-order valence-corrected chi connectivity index (χ4v) is 2.46. The van der Waals surface area contributed by atoms with Crippen LogP contribution < -0.4 is 5.32 Å². The summed E-state index contributed by atoms with van der Waals surface area (Å²) in [5.41, 5.74) is 0.146. The van der Waals surface area contributed by atoms with Gasteiger partial charge in [-0.05, 0) is 58.8 Å². The molecule has 5 nitrogen and oxygen atoms in total. The third-order valence-corrected chi connectivity index (χ3v) is 3.29. The number of hydrogen-bond acceptors (Lipinski definition) is 4. The second-order valence-electron chi connectivity index (χ2n) is 8.26. The summed E-state index contributed by atoms with van der Waals surface area (Å²) in [6, 6.07) is -0.0774. The van der Waals surface area contributed by atoms with Gasteiger partial charge in [-0.1, -0.05) is 33.8 Å². The molecule has 146 valence electrons. The summed E-state index contributed by atoms with van der Waals surface area (Å²) >= 11 is 0. The smallest absolute Gasteiger partial charge is 0.407 e. The van der Waals surface area contributed by atoms with E-state index < -0.39 is 11.7 Å². The van der Waals surface area contributed by atoms with Gasteiger partial charge in [0.05, 0.1) is 6.61 Å². The van der Waals surface area contributed by atoms with Gasteiger partial charge < -0.3 is 14.8 Å². The molecular weight excluding hydrogens is 318 g/mol. The predicted octanol–water partition coefficient (Wildman–Crippen LogP) is 4.85. The van der Waals surface area contributed by atoms with Crippen molar-refractivity contribution in [2.75, 3.05) is 6.61 Å². The van der Waals surface area contributed by atoms with E-state index in [1.165, 1.54) is 0 Å². The molecule has 1 atom stereocenters. The maximum absolute atomic E-state index is 12.1. The Kier molecular flexibility index (Phi) is 10.5. The molecule has 0 spiro atoms. The van der Waals surface area contributed by atoms with E-state index in [1.54, 1.807) is 6.92 Å². The third-order valence-electron chi connectivity index (χ3n) is 3.29. The van der Waals surface area contributed by atoms with E-state index in [1.807, 2.05) is 26.8 Å². The fourth-order valence-electron chi connectivity index (χ4n) is 2.46. The number of carbonyl (C=O) groups excluding carboxylic acids is 2. The predicted molar refractivity (Wildman–Crippen MR) is 101 cm³/mol. The molecule has 1 amide bonds. The summed E-state index contributed by atoms with van der Waals surface area (Å²) in [6.07, 6.45) is 3.54. The van der Waals surface area contributed by atoms with E-state index in [0.717, 1.165) is 6.42 Å². The van der Waals surface area contributed by atoms with E-state index in [-0.39, 0.29) is 12.0 Å². The molecule has 0 radical (unpaired) electrons. The molecule has 0 aromatic heterocycles. The lowest BCUT2D eigenvalue weighted by atomic mass is 9.97. The Hall–Kier alpha value is -1.52. The number of carbonyl (C=O) groups is 2. The number of hydrogen-bond donors (Lipinski definition) is 1. The molecule has 25 heavy (non-hydrogen) atoms. The number of rotatable bonds is 9. The first kappa shape index (κ1) is 23.5. The first-order valence-corrected chi connectivity index (χ1v) is 9.30. The standard InChI is InChI=1S/C20H37NO4/c1-9-24-18(22)16(12-14(2)3)10-11-17(13-15(4)5)21-19(23)25-20(6,7)8/h10,14-15,17H,9,11-13H2,1-8H3,(H,21,23)/b16-10+/t17-/m1/s1. The highest BCUT2D eigenvalue weighted by molar-refractivity contribution is 5.88. The van der Waals surface area contributed by atoms with Crippen LogP contribution in [0.2, 0.25) is 0 Å². The minimum Gasteiger partial charge on any atom is -0.463 e. The van der Waals surface area contributed by atoms with Crippen molar-refractivity contribution in [2.45, 2.75) is 86.3 Å². The molecule has 0 saturated heterocycles. The molecule has 0 saturated carbocycles. The van der Waals surface area contributed by atoms with Crippen molar-refractivity contribution in [2.24, 2.45) is 11.8 Å². The van der Waals surface area contributed by atoms with Crippen LogP contribution in [0.15, 0.2) is 11.6 Å². The lowest BCUT2D eigenvalue weighted by Crippen LogP contribution is -2.39. The van der Waals surface area contributed by atoms with E-state index in [9.17, 15) is 9.59 Å². The molecule has 0 aliphatic carbocycles. The van der Waals surface area contributed by atoms with E-state index in [4.69, 9.17) is 9.47 Å². The molecule has 0 heterocycles. The van der Waals surface area contributed by atoms with Crippen molar-refractivity contribution < 1.29 is 19.1 Å². The fraction of sp³-hybridized carbons (Fsp3) is 0.800. The van der Waals surface area contributed by atoms with Crippen LogP contribution in [0.3, 0.4) is 0 Å². The summed E-state index contributed by atoms with van der Waals surface area (Å²) in [6.45, 7) is 16.0. The lowest BCUT2D eigenvalue weighted by molar-refractivity contribution is -0.138. The zero-order chi connectivity index (χ0) is 19.6. The summed E-state index contributed by atoms with van der Waals surface area (Å²) in [7, 11) is 0. The van der Waals surface area contributed by atoms with Gasteiger partial charge in [0.2, 0.25) is 0 Å².